The van der Waals surface area contributed by atoms with Crippen LogP contribution in [0.25, 0.3) is 16.8 Å². The van der Waals surface area contributed by atoms with Gasteiger partial charge in [-0.25, -0.2) is 4.98 Å². The first-order valence-electron chi connectivity index (χ1n) is 8.51. The van der Waals surface area contributed by atoms with E-state index in [0.717, 1.165) is 16.0 Å². The molecule has 4 aromatic rings. The van der Waals surface area contributed by atoms with Crippen LogP contribution >= 0.6 is 11.3 Å². The number of sulfone groups is 1. The van der Waals surface area contributed by atoms with E-state index in [-0.39, 0.29) is 16.6 Å². The van der Waals surface area contributed by atoms with Gasteiger partial charge in [-0.05, 0) is 47.8 Å². The molecular formula is C20H17N3O3S2. The lowest BCUT2D eigenvalue weighted by Gasteiger charge is -2.08. The van der Waals surface area contributed by atoms with E-state index >= 15 is 0 Å². The molecule has 0 aliphatic rings. The van der Waals surface area contributed by atoms with Crippen molar-refractivity contribution in [3.63, 3.8) is 0 Å². The first-order chi connectivity index (χ1) is 13.4. The zero-order valence-corrected chi connectivity index (χ0v) is 16.6. The van der Waals surface area contributed by atoms with Gasteiger partial charge in [0.05, 0.1) is 28.0 Å². The Balaban J connectivity index is 1.70. The number of amides is 1. The Bertz CT molecular complexity index is 1180. The molecule has 1 unspecified atom stereocenters. The molecule has 1 aromatic carbocycles. The normalized spacial score (nSPS) is 13.4. The fourth-order valence-electron chi connectivity index (χ4n) is 2.93. The number of nitrogens with one attached hydrogen (secondary N) is 1. The van der Waals surface area contributed by atoms with Crippen LogP contribution in [0, 0.1) is 0 Å². The maximum atomic E-state index is 12.7. The Kier molecular flexibility index (Phi) is 4.84. The molecule has 3 heterocycles. The number of hydrogen-bond acceptors (Lipinski definition) is 5. The smallest absolute Gasteiger partial charge is 0.287 e. The van der Waals surface area contributed by atoms with Gasteiger partial charge in [0.2, 0.25) is 5.82 Å². The SMILES string of the molecule is C[S+](=O)([O-])c1ccc(-c2nc(C(=O)NCc3cccs3)n3ccccc23)cc1. The molecule has 28 heavy (non-hydrogen) atoms. The highest BCUT2D eigenvalue weighted by atomic mass is 32.3. The van der Waals surface area contributed by atoms with Crippen molar-refractivity contribution < 1.29 is 13.6 Å². The molecule has 4 rings (SSSR count). The van der Waals surface area contributed by atoms with Gasteiger partial charge in [0, 0.05) is 16.6 Å². The minimum absolute atomic E-state index is 0.244. The third-order valence-corrected chi connectivity index (χ3v) is 6.32. The summed E-state index contributed by atoms with van der Waals surface area (Å²) in [5.41, 5.74) is 2.14. The standard InChI is InChI=1S/C20H17N3O3S2/c1-28(25,26)16-9-7-14(8-10-16)18-17-6-2-3-11-23(17)19(22-18)20(24)21-13-15-5-4-12-27-15/h2-12H,13H2,1H3,(H-,21,24,25,26). The molecule has 0 fully saturated rings. The van der Waals surface area contributed by atoms with Crippen molar-refractivity contribution in [3.05, 3.63) is 76.9 Å². The van der Waals surface area contributed by atoms with Gasteiger partial charge < -0.3 is 9.87 Å². The van der Waals surface area contributed by atoms with E-state index in [9.17, 15) is 13.6 Å². The average Bonchev–Trinajstić information content (AvgIpc) is 3.33. The van der Waals surface area contributed by atoms with Gasteiger partial charge in [-0.2, -0.15) is 0 Å². The summed E-state index contributed by atoms with van der Waals surface area (Å²) in [6.07, 6.45) is 2.96. The lowest BCUT2D eigenvalue weighted by molar-refractivity contribution is 0.0940. The molecule has 0 spiro atoms. The zero-order chi connectivity index (χ0) is 19.7. The van der Waals surface area contributed by atoms with E-state index in [1.54, 1.807) is 46.2 Å². The molecule has 142 valence electrons. The molecule has 3 aromatic heterocycles. The lowest BCUT2D eigenvalue weighted by atomic mass is 10.1. The van der Waals surface area contributed by atoms with Crippen molar-refractivity contribution in [1.82, 2.24) is 14.7 Å². The van der Waals surface area contributed by atoms with Crippen molar-refractivity contribution in [2.45, 2.75) is 11.4 Å². The van der Waals surface area contributed by atoms with Crippen LogP contribution in [-0.4, -0.2) is 26.1 Å². The summed E-state index contributed by atoms with van der Waals surface area (Å²) in [7, 11) is -3.27. The lowest BCUT2D eigenvalue weighted by Crippen LogP contribution is -2.24. The number of thiophene rings is 1. The van der Waals surface area contributed by atoms with Crippen LogP contribution < -0.4 is 5.32 Å². The van der Waals surface area contributed by atoms with Crippen LogP contribution in [0.4, 0.5) is 0 Å². The van der Waals surface area contributed by atoms with Crippen LogP contribution in [0.3, 0.4) is 0 Å². The van der Waals surface area contributed by atoms with Gasteiger partial charge >= 0.3 is 0 Å². The Morgan fingerprint density at radius 2 is 1.96 bits per heavy atom. The van der Waals surface area contributed by atoms with Crippen LogP contribution in [0.15, 0.2) is 71.1 Å². The molecule has 6 nitrogen and oxygen atoms in total. The predicted molar refractivity (Wildman–Crippen MR) is 109 cm³/mol. The fourth-order valence-corrected chi connectivity index (χ4v) is 4.21. The van der Waals surface area contributed by atoms with Gasteiger partial charge in [-0.15, -0.1) is 15.5 Å². The van der Waals surface area contributed by atoms with Gasteiger partial charge in [-0.3, -0.25) is 9.20 Å². The van der Waals surface area contributed by atoms with Crippen molar-refractivity contribution in [3.8, 4) is 11.3 Å². The number of rotatable bonds is 5. The van der Waals surface area contributed by atoms with Crippen LogP contribution in [0.5, 0.6) is 0 Å². The molecular weight excluding hydrogens is 394 g/mol. The number of pyridine rings is 1. The zero-order valence-electron chi connectivity index (χ0n) is 15.0. The number of nitrogens with zero attached hydrogens (tertiary/aromatic N) is 2. The first kappa shape index (κ1) is 18.5. The highest BCUT2D eigenvalue weighted by molar-refractivity contribution is 7.97. The van der Waals surface area contributed by atoms with Gasteiger partial charge in [0.25, 0.3) is 5.91 Å². The summed E-state index contributed by atoms with van der Waals surface area (Å²) in [6.45, 7) is 0.441. The van der Waals surface area contributed by atoms with Crippen molar-refractivity contribution in [2.24, 2.45) is 0 Å². The number of hydrogen-bond donors (Lipinski definition) is 1. The Labute approximate surface area is 167 Å². The molecule has 0 saturated heterocycles. The second-order valence-electron chi connectivity index (χ2n) is 6.30. The summed E-state index contributed by atoms with van der Waals surface area (Å²) in [5, 5.41) is 4.86. The van der Waals surface area contributed by atoms with E-state index < -0.39 is 10.2 Å². The number of imidazole rings is 1. The van der Waals surface area contributed by atoms with Crippen LogP contribution in [0.2, 0.25) is 0 Å². The highest BCUT2D eigenvalue weighted by Crippen LogP contribution is 2.27. The predicted octanol–water partition coefficient (Wildman–Crippen LogP) is 3.61. The summed E-state index contributed by atoms with van der Waals surface area (Å²) in [5.74, 6) is 0.0166. The second-order valence-corrected chi connectivity index (χ2v) is 9.35. The monoisotopic (exact) mass is 411 g/mol. The highest BCUT2D eigenvalue weighted by Gasteiger charge is 2.19. The number of fused-ring (bicyclic) bond motifs is 1. The summed E-state index contributed by atoms with van der Waals surface area (Å²) in [4.78, 5) is 18.6. The van der Waals surface area contributed by atoms with Gasteiger partial charge in [-0.1, -0.05) is 12.1 Å². The third-order valence-electron chi connectivity index (χ3n) is 4.31. The fraction of sp³-hybridized carbons (Fsp3) is 0.100. The van der Waals surface area contributed by atoms with Crippen molar-refractivity contribution >= 4 is 33.0 Å². The third kappa shape index (κ3) is 3.62. The minimum Gasteiger partial charge on any atom is -0.610 e. The van der Waals surface area contributed by atoms with Gasteiger partial charge in [0.1, 0.15) is 6.26 Å². The van der Waals surface area contributed by atoms with Gasteiger partial charge in [0.15, 0.2) is 4.90 Å². The molecule has 0 saturated carbocycles. The Hall–Kier alpha value is -2.81. The van der Waals surface area contributed by atoms with Crippen LogP contribution in [0.1, 0.15) is 15.5 Å². The number of carbonyl (C=O) groups excluding carboxylic acids is 1. The van der Waals surface area contributed by atoms with E-state index in [4.69, 9.17) is 0 Å². The van der Waals surface area contributed by atoms with E-state index in [0.29, 0.717) is 12.2 Å². The topological polar surface area (TPSA) is 86.5 Å². The Morgan fingerprint density at radius 1 is 1.18 bits per heavy atom. The summed E-state index contributed by atoms with van der Waals surface area (Å²) >= 11 is 1.58. The minimum atomic E-state index is -3.27. The van der Waals surface area contributed by atoms with Crippen molar-refractivity contribution in [1.29, 1.82) is 0 Å². The largest absolute Gasteiger partial charge is 0.610 e. The van der Waals surface area contributed by atoms with E-state index in [2.05, 4.69) is 10.3 Å². The molecule has 1 atom stereocenters. The van der Waals surface area contributed by atoms with E-state index in [1.807, 2.05) is 35.7 Å². The molecule has 1 N–H and O–H groups in total. The van der Waals surface area contributed by atoms with Crippen LogP contribution in [-0.2, 0) is 21.0 Å². The molecule has 1 amide bonds. The molecule has 8 heteroatoms. The quantitative estimate of drug-likeness (QED) is 0.508. The molecule has 0 aliphatic carbocycles. The van der Waals surface area contributed by atoms with E-state index in [1.165, 1.54) is 6.26 Å². The molecule has 0 aliphatic heterocycles. The second kappa shape index (κ2) is 7.31. The summed E-state index contributed by atoms with van der Waals surface area (Å²) in [6, 6.07) is 16.0. The first-order valence-corrected chi connectivity index (χ1v) is 11.3. The number of benzene rings is 1. The van der Waals surface area contributed by atoms with Crippen molar-refractivity contribution in [2.75, 3.05) is 6.26 Å². The Morgan fingerprint density at radius 3 is 2.64 bits per heavy atom. The summed E-state index contributed by atoms with van der Waals surface area (Å²) < 4.78 is 25.1. The molecule has 0 bridgehead atoms. The maximum absolute atomic E-state index is 12.7. The average molecular weight is 412 g/mol. The maximum Gasteiger partial charge on any atom is 0.287 e. The number of aromatic nitrogens is 2. The number of carbonyl (C=O) groups is 1. The molecule has 0 radical (unpaired) electrons.